The average molecular weight is 495 g/mol. The molecule has 0 radical (unpaired) electrons. The first kappa shape index (κ1) is 25.6. The van der Waals surface area contributed by atoms with Crippen LogP contribution in [0.4, 0.5) is 4.79 Å². The molecule has 1 aromatic heterocycles. The van der Waals surface area contributed by atoms with Gasteiger partial charge in [-0.1, -0.05) is 91.0 Å². The van der Waals surface area contributed by atoms with Crippen molar-refractivity contribution in [1.82, 2.24) is 20.7 Å². The summed E-state index contributed by atoms with van der Waals surface area (Å²) in [6, 6.07) is 33.8. The van der Waals surface area contributed by atoms with Gasteiger partial charge >= 0.3 is 6.09 Å². The Labute approximate surface area is 217 Å². The summed E-state index contributed by atoms with van der Waals surface area (Å²) in [6.07, 6.45) is 2.95. The molecule has 3 aromatic carbocycles. The Kier molecular flexibility index (Phi) is 9.38. The van der Waals surface area contributed by atoms with Gasteiger partial charge in [-0.25, -0.2) is 10.2 Å². The highest BCUT2D eigenvalue weighted by molar-refractivity contribution is 5.94. The van der Waals surface area contributed by atoms with Gasteiger partial charge in [-0.2, -0.15) is 0 Å². The van der Waals surface area contributed by atoms with Gasteiger partial charge in [0.1, 0.15) is 6.61 Å². The van der Waals surface area contributed by atoms with Crippen LogP contribution in [0.3, 0.4) is 0 Å². The molecule has 0 fully saturated rings. The van der Waals surface area contributed by atoms with Crippen molar-refractivity contribution in [1.29, 1.82) is 0 Å². The predicted octanol–water partition coefficient (Wildman–Crippen LogP) is 4.77. The monoisotopic (exact) mass is 494 g/mol. The van der Waals surface area contributed by atoms with E-state index in [0.717, 1.165) is 5.56 Å². The molecule has 1 unspecified atom stereocenters. The second kappa shape index (κ2) is 13.6. The highest BCUT2D eigenvalue weighted by Gasteiger charge is 2.22. The van der Waals surface area contributed by atoms with Crippen molar-refractivity contribution >= 4 is 12.0 Å². The third-order valence-electron chi connectivity index (χ3n) is 5.90. The first-order valence-corrected chi connectivity index (χ1v) is 12.2. The predicted molar refractivity (Wildman–Crippen MR) is 142 cm³/mol. The molecule has 0 saturated heterocycles. The topological polar surface area (TPSA) is 83.6 Å². The largest absolute Gasteiger partial charge is 0.447 e. The summed E-state index contributed by atoms with van der Waals surface area (Å²) in [7, 11) is 0. The first-order chi connectivity index (χ1) is 18.2. The number of hydrazine groups is 1. The zero-order chi connectivity index (χ0) is 25.7. The second-order valence-electron chi connectivity index (χ2n) is 8.64. The zero-order valence-electron chi connectivity index (χ0n) is 20.5. The van der Waals surface area contributed by atoms with E-state index in [4.69, 9.17) is 4.74 Å². The van der Waals surface area contributed by atoms with Gasteiger partial charge in [0.15, 0.2) is 0 Å². The number of pyridine rings is 1. The number of nitrogens with zero attached hydrogens (tertiary/aromatic N) is 2. The molecule has 0 saturated carbocycles. The van der Waals surface area contributed by atoms with Gasteiger partial charge in [0.2, 0.25) is 0 Å². The molecule has 4 rings (SSSR count). The fourth-order valence-corrected chi connectivity index (χ4v) is 4.01. The average Bonchev–Trinajstić information content (AvgIpc) is 2.96. The van der Waals surface area contributed by atoms with Crippen molar-refractivity contribution in [2.45, 2.75) is 25.6 Å². The summed E-state index contributed by atoms with van der Waals surface area (Å²) in [5.74, 6) is -0.472. The summed E-state index contributed by atoms with van der Waals surface area (Å²) in [5.41, 5.74) is 8.52. The van der Waals surface area contributed by atoms with E-state index >= 15 is 0 Å². The van der Waals surface area contributed by atoms with Gasteiger partial charge in [-0.15, -0.1) is 0 Å². The highest BCUT2D eigenvalue weighted by atomic mass is 16.6. The van der Waals surface area contributed by atoms with Crippen LogP contribution < -0.4 is 10.9 Å². The van der Waals surface area contributed by atoms with E-state index < -0.39 is 12.0 Å². The molecule has 0 aliphatic rings. The minimum Gasteiger partial charge on any atom is -0.447 e. The molecule has 0 bridgehead atoms. The number of ether oxygens (including phenoxy) is 1. The molecule has 188 valence electrons. The Morgan fingerprint density at radius 2 is 1.30 bits per heavy atom. The number of amides is 2. The lowest BCUT2D eigenvalue weighted by Gasteiger charge is -2.32. The maximum atomic E-state index is 12.5. The highest BCUT2D eigenvalue weighted by Crippen LogP contribution is 2.18. The third kappa shape index (κ3) is 8.30. The van der Waals surface area contributed by atoms with Gasteiger partial charge in [0.05, 0.1) is 5.56 Å². The van der Waals surface area contributed by atoms with Crippen molar-refractivity contribution < 1.29 is 14.3 Å². The molecule has 0 spiro atoms. The summed E-state index contributed by atoms with van der Waals surface area (Å²) in [5, 5.41) is 0. The van der Waals surface area contributed by atoms with Gasteiger partial charge in [-0.3, -0.25) is 20.1 Å². The van der Waals surface area contributed by atoms with Gasteiger partial charge < -0.3 is 4.74 Å². The number of rotatable bonds is 10. The fourth-order valence-electron chi connectivity index (χ4n) is 4.01. The second-order valence-corrected chi connectivity index (χ2v) is 8.64. The van der Waals surface area contributed by atoms with Gasteiger partial charge in [0, 0.05) is 31.5 Å². The van der Waals surface area contributed by atoms with Crippen LogP contribution in [-0.2, 0) is 24.2 Å². The van der Waals surface area contributed by atoms with Crippen LogP contribution in [0.2, 0.25) is 0 Å². The Morgan fingerprint density at radius 1 is 0.730 bits per heavy atom. The van der Waals surface area contributed by atoms with E-state index in [-0.39, 0.29) is 12.6 Å². The van der Waals surface area contributed by atoms with Crippen LogP contribution in [0.5, 0.6) is 0 Å². The number of nitrogens with one attached hydrogen (secondary N) is 2. The number of hydrogen-bond acceptors (Lipinski definition) is 5. The van der Waals surface area contributed by atoms with Crippen LogP contribution in [-0.4, -0.2) is 34.5 Å². The summed E-state index contributed by atoms with van der Waals surface area (Å²) < 4.78 is 5.60. The maximum Gasteiger partial charge on any atom is 0.426 e. The van der Waals surface area contributed by atoms with Crippen LogP contribution in [0.25, 0.3) is 0 Å². The summed E-state index contributed by atoms with van der Waals surface area (Å²) >= 11 is 0. The van der Waals surface area contributed by atoms with Crippen molar-refractivity contribution in [3.63, 3.8) is 0 Å². The molecule has 1 heterocycles. The van der Waals surface area contributed by atoms with Gasteiger partial charge in [0.25, 0.3) is 5.91 Å². The minimum atomic E-state index is -0.727. The fraction of sp³-hybridized carbons (Fsp3) is 0.167. The Balaban J connectivity index is 1.47. The molecular formula is C30H30N4O3. The van der Waals surface area contributed by atoms with Crippen molar-refractivity contribution in [3.8, 4) is 0 Å². The Bertz CT molecular complexity index is 1200. The zero-order valence-corrected chi connectivity index (χ0v) is 20.5. The van der Waals surface area contributed by atoms with E-state index in [0.29, 0.717) is 25.1 Å². The normalized spacial score (nSPS) is 11.5. The third-order valence-corrected chi connectivity index (χ3v) is 5.90. The standard InChI is InChI=1S/C30H30N4O3/c35-29(27-17-10-18-31-20-27)32-33-30(36)37-23-28(19-24-11-4-1-5-12-24)34(21-25-13-6-2-7-14-25)22-26-15-8-3-9-16-26/h1-18,20,28H,19,21-23H2,(H,32,35)(H,33,36). The molecule has 7 nitrogen and oxygen atoms in total. The molecule has 2 amide bonds. The quantitative estimate of drug-likeness (QED) is 0.311. The molecule has 4 aromatic rings. The minimum absolute atomic E-state index is 0.109. The van der Waals surface area contributed by atoms with Crippen LogP contribution in [0, 0.1) is 0 Å². The van der Waals surface area contributed by atoms with Gasteiger partial charge in [-0.05, 0) is 35.2 Å². The SMILES string of the molecule is O=C(NNC(=O)c1cccnc1)OCC(Cc1ccccc1)N(Cc1ccccc1)Cc1ccccc1. The van der Waals surface area contributed by atoms with Crippen LogP contribution >= 0.6 is 0 Å². The molecule has 2 N–H and O–H groups in total. The number of carbonyl (C=O) groups excluding carboxylic acids is 2. The first-order valence-electron chi connectivity index (χ1n) is 12.2. The molecule has 0 aliphatic carbocycles. The van der Waals surface area contributed by atoms with Crippen LogP contribution in [0.1, 0.15) is 27.0 Å². The molecule has 0 aliphatic heterocycles. The Morgan fingerprint density at radius 3 is 1.84 bits per heavy atom. The lowest BCUT2D eigenvalue weighted by atomic mass is 10.0. The number of hydrogen-bond donors (Lipinski definition) is 2. The lowest BCUT2D eigenvalue weighted by Crippen LogP contribution is -2.45. The number of carbonyl (C=O) groups is 2. The molecule has 37 heavy (non-hydrogen) atoms. The van der Waals surface area contributed by atoms with Crippen LogP contribution in [0.15, 0.2) is 116 Å². The number of benzene rings is 3. The molecular weight excluding hydrogens is 464 g/mol. The van der Waals surface area contributed by atoms with Crippen molar-refractivity contribution in [2.24, 2.45) is 0 Å². The van der Waals surface area contributed by atoms with E-state index in [1.54, 1.807) is 18.3 Å². The summed E-state index contributed by atoms with van der Waals surface area (Å²) in [6.45, 7) is 1.52. The molecule has 1 atom stereocenters. The molecule has 7 heteroatoms. The number of aromatic nitrogens is 1. The van der Waals surface area contributed by atoms with E-state index in [1.165, 1.54) is 17.3 Å². The van der Waals surface area contributed by atoms with E-state index in [9.17, 15) is 9.59 Å². The summed E-state index contributed by atoms with van der Waals surface area (Å²) in [4.78, 5) is 30.9. The smallest absolute Gasteiger partial charge is 0.426 e. The lowest BCUT2D eigenvalue weighted by molar-refractivity contribution is 0.0748. The Hall–Kier alpha value is -4.49. The maximum absolute atomic E-state index is 12.5. The van der Waals surface area contributed by atoms with Crippen molar-refractivity contribution in [3.05, 3.63) is 138 Å². The van der Waals surface area contributed by atoms with Crippen molar-refractivity contribution in [2.75, 3.05) is 6.61 Å². The van der Waals surface area contributed by atoms with E-state index in [1.807, 2.05) is 54.6 Å². The van der Waals surface area contributed by atoms with E-state index in [2.05, 4.69) is 57.1 Å².